The molecule has 0 saturated carbocycles. The third-order valence-electron chi connectivity index (χ3n) is 7.04. The molecule has 0 atom stereocenters. The molecule has 7 nitrogen and oxygen atoms in total. The summed E-state index contributed by atoms with van der Waals surface area (Å²) in [4.78, 5) is 16.5. The number of nitrogens with one attached hydrogen (secondary N) is 1. The van der Waals surface area contributed by atoms with Crippen molar-refractivity contribution >= 4 is 28.4 Å². The van der Waals surface area contributed by atoms with Crippen LogP contribution in [0.15, 0.2) is 48.5 Å². The molecule has 2 amide bonds. The quantitative estimate of drug-likeness (QED) is 0.510. The Morgan fingerprint density at radius 3 is 2.65 bits per heavy atom. The second kappa shape index (κ2) is 10.4. The van der Waals surface area contributed by atoms with E-state index in [2.05, 4.69) is 50.0 Å². The van der Waals surface area contributed by atoms with E-state index < -0.39 is 6.03 Å². The van der Waals surface area contributed by atoms with Crippen LogP contribution in [-0.4, -0.2) is 54.8 Å². The number of anilines is 2. The van der Waals surface area contributed by atoms with Crippen molar-refractivity contribution in [1.29, 1.82) is 0 Å². The Morgan fingerprint density at radius 2 is 1.79 bits per heavy atom. The van der Waals surface area contributed by atoms with E-state index in [1.807, 2.05) is 18.2 Å². The number of urea groups is 1. The highest BCUT2D eigenvalue weighted by Crippen LogP contribution is 2.35. The van der Waals surface area contributed by atoms with Gasteiger partial charge in [0.25, 0.3) is 0 Å². The number of carbonyl (C=O) groups is 1. The zero-order valence-electron chi connectivity index (χ0n) is 19.8. The van der Waals surface area contributed by atoms with Crippen LogP contribution < -0.4 is 20.7 Å². The fraction of sp³-hybridized carbons (Fsp3) is 0.444. The number of nitrogens with two attached hydrogens (primary N) is 1. The molecular weight excluding hydrogens is 426 g/mol. The molecule has 0 aliphatic carbocycles. The molecule has 1 aromatic heterocycles. The lowest BCUT2D eigenvalue weighted by atomic mass is 10.1. The topological polar surface area (TPSA) is 75.8 Å². The van der Waals surface area contributed by atoms with Crippen LogP contribution in [0.1, 0.15) is 31.2 Å². The number of primary amides is 1. The van der Waals surface area contributed by atoms with Gasteiger partial charge in [-0.25, -0.2) is 4.79 Å². The first-order valence-corrected chi connectivity index (χ1v) is 12.6. The number of fused-ring (bicyclic) bond motifs is 2. The first-order valence-electron chi connectivity index (χ1n) is 12.6. The number of aryl methyl sites for hydroxylation is 2. The van der Waals surface area contributed by atoms with Crippen molar-refractivity contribution in [2.24, 2.45) is 5.73 Å². The normalized spacial score (nSPS) is 16.6. The van der Waals surface area contributed by atoms with Crippen molar-refractivity contribution in [2.75, 3.05) is 49.5 Å². The molecule has 3 N–H and O–H groups in total. The average Bonchev–Trinajstić information content (AvgIpc) is 3.01. The van der Waals surface area contributed by atoms with Crippen LogP contribution in [0.2, 0.25) is 0 Å². The van der Waals surface area contributed by atoms with Crippen LogP contribution in [0.5, 0.6) is 5.75 Å². The first kappa shape index (κ1) is 22.6. The van der Waals surface area contributed by atoms with Crippen molar-refractivity contribution in [3.63, 3.8) is 0 Å². The minimum Gasteiger partial charge on any atom is -0.491 e. The standard InChI is InChI=1S/C27H35N5O2/c28-27(33)29-25-20-22-9-1-2-11-23(22)32(25)14-5-4-13-30-15-17-31(18-16-30)24-12-7-10-21-8-3-6-19-34-26(21)24/h1-2,7,9-12,20H,3-6,8,13-19H2,(H3,28,29,33). The Bertz CT molecular complexity index is 1130. The molecule has 0 radical (unpaired) electrons. The summed E-state index contributed by atoms with van der Waals surface area (Å²) in [5, 5.41) is 3.89. The summed E-state index contributed by atoms with van der Waals surface area (Å²) in [5.74, 6) is 1.89. The Morgan fingerprint density at radius 1 is 0.971 bits per heavy atom. The number of nitrogens with zero attached hydrogens (tertiary/aromatic N) is 3. The highest BCUT2D eigenvalue weighted by Gasteiger charge is 2.22. The maximum absolute atomic E-state index is 11.4. The third-order valence-corrected chi connectivity index (χ3v) is 7.04. The SMILES string of the molecule is NC(=O)Nc1cc2ccccc2n1CCCCN1CCN(c2cccc3c2OCCCC3)CC1. The molecule has 0 bridgehead atoms. The molecule has 3 heterocycles. The van der Waals surface area contributed by atoms with Crippen LogP contribution in [0.4, 0.5) is 16.3 Å². The molecule has 0 unspecified atom stereocenters. The van der Waals surface area contributed by atoms with Gasteiger partial charge in [0.05, 0.1) is 12.3 Å². The maximum Gasteiger partial charge on any atom is 0.317 e. The van der Waals surface area contributed by atoms with E-state index in [1.54, 1.807) is 0 Å². The van der Waals surface area contributed by atoms with Gasteiger partial charge in [-0.3, -0.25) is 10.2 Å². The minimum absolute atomic E-state index is 0.525. The van der Waals surface area contributed by atoms with E-state index in [9.17, 15) is 4.79 Å². The lowest BCUT2D eigenvalue weighted by molar-refractivity contribution is 0.250. The molecular formula is C27H35N5O2. The summed E-state index contributed by atoms with van der Waals surface area (Å²) < 4.78 is 8.31. The fourth-order valence-electron chi connectivity index (χ4n) is 5.27. The number of amides is 2. The van der Waals surface area contributed by atoms with Crippen molar-refractivity contribution < 1.29 is 9.53 Å². The van der Waals surface area contributed by atoms with Gasteiger partial charge >= 0.3 is 6.03 Å². The molecule has 5 rings (SSSR count). The molecule has 0 spiro atoms. The maximum atomic E-state index is 11.4. The zero-order chi connectivity index (χ0) is 23.3. The summed E-state index contributed by atoms with van der Waals surface area (Å²) in [7, 11) is 0. The molecule has 2 aromatic carbocycles. The van der Waals surface area contributed by atoms with E-state index in [0.29, 0.717) is 0 Å². The smallest absolute Gasteiger partial charge is 0.317 e. The fourth-order valence-corrected chi connectivity index (χ4v) is 5.27. The molecule has 1 saturated heterocycles. The predicted octanol–water partition coefficient (Wildman–Crippen LogP) is 4.45. The molecule has 3 aromatic rings. The van der Waals surface area contributed by atoms with Crippen LogP contribution in [0.25, 0.3) is 10.9 Å². The molecule has 2 aliphatic heterocycles. The van der Waals surface area contributed by atoms with E-state index in [-0.39, 0.29) is 0 Å². The van der Waals surface area contributed by atoms with Crippen LogP contribution >= 0.6 is 0 Å². The van der Waals surface area contributed by atoms with Crippen molar-refractivity contribution in [1.82, 2.24) is 9.47 Å². The van der Waals surface area contributed by atoms with Crippen LogP contribution in [-0.2, 0) is 13.0 Å². The monoisotopic (exact) mass is 461 g/mol. The number of rotatable bonds is 7. The Hall–Kier alpha value is -3.19. The van der Waals surface area contributed by atoms with E-state index in [1.165, 1.54) is 17.7 Å². The van der Waals surface area contributed by atoms with E-state index in [0.717, 1.165) is 94.0 Å². The van der Waals surface area contributed by atoms with Gasteiger partial charge in [0.2, 0.25) is 0 Å². The van der Waals surface area contributed by atoms with E-state index in [4.69, 9.17) is 10.5 Å². The average molecular weight is 462 g/mol. The van der Waals surface area contributed by atoms with Crippen molar-refractivity contribution in [3.8, 4) is 5.75 Å². The lowest BCUT2D eigenvalue weighted by Crippen LogP contribution is -2.46. The second-order valence-corrected chi connectivity index (χ2v) is 9.34. The zero-order valence-corrected chi connectivity index (χ0v) is 19.8. The Balaban J connectivity index is 1.13. The van der Waals surface area contributed by atoms with Gasteiger partial charge in [-0.15, -0.1) is 0 Å². The van der Waals surface area contributed by atoms with Crippen LogP contribution in [0.3, 0.4) is 0 Å². The molecule has 2 aliphatic rings. The van der Waals surface area contributed by atoms with Gasteiger partial charge in [0, 0.05) is 43.6 Å². The minimum atomic E-state index is -0.525. The van der Waals surface area contributed by atoms with Gasteiger partial charge in [-0.2, -0.15) is 0 Å². The first-order chi connectivity index (χ1) is 16.7. The summed E-state index contributed by atoms with van der Waals surface area (Å²) in [5.41, 5.74) is 9.15. The molecule has 1 fully saturated rings. The van der Waals surface area contributed by atoms with Gasteiger partial charge < -0.3 is 19.9 Å². The predicted molar refractivity (Wildman–Crippen MR) is 138 cm³/mol. The summed E-state index contributed by atoms with van der Waals surface area (Å²) in [6.07, 6.45) is 5.64. The largest absolute Gasteiger partial charge is 0.491 e. The Labute approximate surface area is 201 Å². The number of aromatic nitrogens is 1. The number of ether oxygens (including phenoxy) is 1. The lowest BCUT2D eigenvalue weighted by Gasteiger charge is -2.37. The van der Waals surface area contributed by atoms with Gasteiger partial charge in [0.1, 0.15) is 11.6 Å². The van der Waals surface area contributed by atoms with E-state index >= 15 is 0 Å². The number of benzene rings is 2. The number of unbranched alkanes of at least 4 members (excludes halogenated alkanes) is 1. The van der Waals surface area contributed by atoms with Crippen molar-refractivity contribution in [3.05, 3.63) is 54.1 Å². The number of carbonyl (C=O) groups excluding carboxylic acids is 1. The number of para-hydroxylation sites is 2. The highest BCUT2D eigenvalue weighted by atomic mass is 16.5. The number of hydrogen-bond donors (Lipinski definition) is 2. The molecule has 180 valence electrons. The number of hydrogen-bond acceptors (Lipinski definition) is 4. The summed E-state index contributed by atoms with van der Waals surface area (Å²) in [6, 6.07) is 16.3. The van der Waals surface area contributed by atoms with Gasteiger partial charge in [0.15, 0.2) is 0 Å². The van der Waals surface area contributed by atoms with Gasteiger partial charge in [-0.1, -0.05) is 30.3 Å². The third kappa shape index (κ3) is 4.99. The number of piperazine rings is 1. The highest BCUT2D eigenvalue weighted by molar-refractivity contribution is 5.92. The summed E-state index contributed by atoms with van der Waals surface area (Å²) >= 11 is 0. The molecule has 7 heteroatoms. The van der Waals surface area contributed by atoms with Crippen LogP contribution in [0, 0.1) is 0 Å². The summed E-state index contributed by atoms with van der Waals surface area (Å²) in [6.45, 7) is 7.00. The van der Waals surface area contributed by atoms with Gasteiger partial charge in [-0.05, 0) is 62.4 Å². The van der Waals surface area contributed by atoms with Crippen molar-refractivity contribution in [2.45, 2.75) is 38.6 Å². The second-order valence-electron chi connectivity index (χ2n) is 9.34. The Kier molecular flexibility index (Phi) is 6.90. The molecule has 34 heavy (non-hydrogen) atoms.